The average molecular weight is 333 g/mol. The number of pyridine rings is 1. The lowest BCUT2D eigenvalue weighted by molar-refractivity contribution is 0.0950. The molecule has 0 atom stereocenters. The van der Waals surface area contributed by atoms with Crippen molar-refractivity contribution in [3.05, 3.63) is 83.4 Å². The summed E-state index contributed by atoms with van der Waals surface area (Å²) in [4.78, 5) is 24.5. The van der Waals surface area contributed by atoms with Crippen molar-refractivity contribution in [1.29, 1.82) is 0 Å². The van der Waals surface area contributed by atoms with Gasteiger partial charge in [0.25, 0.3) is 5.91 Å². The molecule has 0 aliphatic rings. The molecule has 0 aliphatic carbocycles. The minimum absolute atomic E-state index is 0.214. The molecule has 2 N–H and O–H groups in total. The van der Waals surface area contributed by atoms with Gasteiger partial charge in [0.2, 0.25) is 5.95 Å². The van der Waals surface area contributed by atoms with E-state index in [1.165, 1.54) is 18.0 Å². The van der Waals surface area contributed by atoms with Crippen LogP contribution < -0.4 is 10.6 Å². The number of nitrogens with zero attached hydrogens (tertiary/aromatic N) is 3. The van der Waals surface area contributed by atoms with Crippen molar-refractivity contribution in [3.8, 4) is 0 Å². The summed E-state index contributed by atoms with van der Waals surface area (Å²) in [5.41, 5.74) is 3.73. The van der Waals surface area contributed by atoms with Crippen LogP contribution in [0.5, 0.6) is 0 Å². The second-order valence-electron chi connectivity index (χ2n) is 5.68. The number of benzene rings is 1. The highest BCUT2D eigenvalue weighted by atomic mass is 16.1. The smallest absolute Gasteiger partial charge is 0.254 e. The first-order valence-electron chi connectivity index (χ1n) is 7.99. The number of aromatic nitrogens is 3. The van der Waals surface area contributed by atoms with E-state index in [-0.39, 0.29) is 5.91 Å². The van der Waals surface area contributed by atoms with Gasteiger partial charge in [-0.25, -0.2) is 9.97 Å². The van der Waals surface area contributed by atoms with Crippen molar-refractivity contribution in [1.82, 2.24) is 20.3 Å². The third-order valence-electron chi connectivity index (χ3n) is 3.66. The van der Waals surface area contributed by atoms with E-state index in [0.29, 0.717) is 24.6 Å². The van der Waals surface area contributed by atoms with Gasteiger partial charge in [0.05, 0.1) is 5.56 Å². The zero-order valence-electron chi connectivity index (χ0n) is 13.9. The summed E-state index contributed by atoms with van der Waals surface area (Å²) < 4.78 is 0. The highest BCUT2D eigenvalue weighted by Crippen LogP contribution is 2.06. The highest BCUT2D eigenvalue weighted by molar-refractivity contribution is 5.93. The Labute approximate surface area is 146 Å². The molecule has 0 radical (unpaired) electrons. The van der Waals surface area contributed by atoms with E-state index in [4.69, 9.17) is 0 Å². The summed E-state index contributed by atoms with van der Waals surface area (Å²) in [7, 11) is 0. The molecular formula is C19H19N5O. The Balaban J connectivity index is 1.52. The van der Waals surface area contributed by atoms with Crippen molar-refractivity contribution in [2.75, 3.05) is 5.32 Å². The van der Waals surface area contributed by atoms with Crippen LogP contribution in [0.4, 0.5) is 5.95 Å². The molecular weight excluding hydrogens is 314 g/mol. The van der Waals surface area contributed by atoms with Crippen LogP contribution in [0.25, 0.3) is 0 Å². The number of aryl methyl sites for hydroxylation is 1. The van der Waals surface area contributed by atoms with Gasteiger partial charge >= 0.3 is 0 Å². The van der Waals surface area contributed by atoms with Gasteiger partial charge in [0.15, 0.2) is 0 Å². The average Bonchev–Trinajstić information content (AvgIpc) is 2.67. The zero-order chi connectivity index (χ0) is 17.5. The largest absolute Gasteiger partial charge is 0.350 e. The third kappa shape index (κ3) is 4.84. The number of carbonyl (C=O) groups is 1. The molecule has 0 saturated heterocycles. The Morgan fingerprint density at radius 2 is 1.72 bits per heavy atom. The molecule has 3 rings (SSSR count). The van der Waals surface area contributed by atoms with Gasteiger partial charge in [0.1, 0.15) is 0 Å². The van der Waals surface area contributed by atoms with Crippen LogP contribution in [0.3, 0.4) is 0 Å². The van der Waals surface area contributed by atoms with Crippen LogP contribution in [0, 0.1) is 6.92 Å². The van der Waals surface area contributed by atoms with Crippen molar-refractivity contribution in [2.45, 2.75) is 20.0 Å². The number of hydrogen-bond acceptors (Lipinski definition) is 5. The van der Waals surface area contributed by atoms with Gasteiger partial charge in [-0.05, 0) is 24.1 Å². The number of amides is 1. The standard InChI is InChI=1S/C19H19N5O/c1-14-4-6-15(7-5-14)10-22-19-23-12-17(13-24-19)18(25)21-11-16-3-2-8-20-9-16/h2-9,12-13H,10-11H2,1H3,(H,21,25)(H,22,23,24). The molecule has 126 valence electrons. The number of anilines is 1. The van der Waals surface area contributed by atoms with E-state index in [0.717, 1.165) is 11.1 Å². The third-order valence-corrected chi connectivity index (χ3v) is 3.66. The predicted octanol–water partition coefficient (Wildman–Crippen LogP) is 2.72. The number of nitrogens with one attached hydrogen (secondary N) is 2. The van der Waals surface area contributed by atoms with E-state index >= 15 is 0 Å². The fourth-order valence-electron chi connectivity index (χ4n) is 2.21. The van der Waals surface area contributed by atoms with Gasteiger partial charge in [-0.2, -0.15) is 0 Å². The Morgan fingerprint density at radius 3 is 2.40 bits per heavy atom. The van der Waals surface area contributed by atoms with Crippen molar-refractivity contribution in [3.63, 3.8) is 0 Å². The van der Waals surface area contributed by atoms with Crippen LogP contribution >= 0.6 is 0 Å². The first-order chi connectivity index (χ1) is 12.2. The molecule has 1 amide bonds. The van der Waals surface area contributed by atoms with E-state index < -0.39 is 0 Å². The molecule has 6 nitrogen and oxygen atoms in total. The lowest BCUT2D eigenvalue weighted by Gasteiger charge is -2.07. The van der Waals surface area contributed by atoms with E-state index in [1.807, 2.05) is 12.1 Å². The first kappa shape index (κ1) is 16.6. The first-order valence-corrected chi connectivity index (χ1v) is 7.99. The molecule has 1 aromatic carbocycles. The maximum Gasteiger partial charge on any atom is 0.254 e. The molecule has 6 heteroatoms. The second-order valence-corrected chi connectivity index (χ2v) is 5.68. The van der Waals surface area contributed by atoms with Crippen molar-refractivity contribution < 1.29 is 4.79 Å². The molecule has 0 fully saturated rings. The molecule has 0 aliphatic heterocycles. The monoisotopic (exact) mass is 333 g/mol. The highest BCUT2D eigenvalue weighted by Gasteiger charge is 2.07. The summed E-state index contributed by atoms with van der Waals surface area (Å²) in [6.07, 6.45) is 6.45. The van der Waals surface area contributed by atoms with Gasteiger partial charge in [-0.1, -0.05) is 35.9 Å². The molecule has 0 unspecified atom stereocenters. The minimum Gasteiger partial charge on any atom is -0.350 e. The summed E-state index contributed by atoms with van der Waals surface area (Å²) in [6, 6.07) is 12.0. The Hall–Kier alpha value is -3.28. The normalized spacial score (nSPS) is 10.3. The summed E-state index contributed by atoms with van der Waals surface area (Å²) >= 11 is 0. The maximum absolute atomic E-state index is 12.1. The SMILES string of the molecule is Cc1ccc(CNc2ncc(C(=O)NCc3cccnc3)cn2)cc1. The predicted molar refractivity (Wildman–Crippen MR) is 95.9 cm³/mol. The van der Waals surface area contributed by atoms with Crippen LogP contribution in [0.2, 0.25) is 0 Å². The van der Waals surface area contributed by atoms with E-state index in [2.05, 4.69) is 56.8 Å². The Morgan fingerprint density at radius 1 is 0.960 bits per heavy atom. The molecule has 2 heterocycles. The number of rotatable bonds is 6. The molecule has 2 aromatic heterocycles. The molecule has 0 bridgehead atoms. The molecule has 3 aromatic rings. The number of carbonyl (C=O) groups excluding carboxylic acids is 1. The lowest BCUT2D eigenvalue weighted by atomic mass is 10.1. The molecule has 25 heavy (non-hydrogen) atoms. The quantitative estimate of drug-likeness (QED) is 0.725. The Kier molecular flexibility index (Phi) is 5.31. The molecule has 0 spiro atoms. The zero-order valence-corrected chi connectivity index (χ0v) is 13.9. The van der Waals surface area contributed by atoms with Crippen LogP contribution in [0.1, 0.15) is 27.0 Å². The van der Waals surface area contributed by atoms with E-state index in [9.17, 15) is 4.79 Å². The summed E-state index contributed by atoms with van der Waals surface area (Å²) in [5, 5.41) is 5.96. The second kappa shape index (κ2) is 8.01. The fourth-order valence-corrected chi connectivity index (χ4v) is 2.21. The van der Waals surface area contributed by atoms with Crippen molar-refractivity contribution >= 4 is 11.9 Å². The minimum atomic E-state index is -0.214. The van der Waals surface area contributed by atoms with Crippen molar-refractivity contribution in [2.24, 2.45) is 0 Å². The lowest BCUT2D eigenvalue weighted by Crippen LogP contribution is -2.23. The topological polar surface area (TPSA) is 79.8 Å². The Bertz CT molecular complexity index is 817. The van der Waals surface area contributed by atoms with Crippen LogP contribution in [0.15, 0.2) is 61.2 Å². The summed E-state index contributed by atoms with van der Waals surface area (Å²) in [6.45, 7) is 3.10. The van der Waals surface area contributed by atoms with Crippen LogP contribution in [-0.4, -0.2) is 20.9 Å². The van der Waals surface area contributed by atoms with Crippen LogP contribution in [-0.2, 0) is 13.1 Å². The van der Waals surface area contributed by atoms with Gasteiger partial charge in [0, 0.05) is 37.9 Å². The van der Waals surface area contributed by atoms with E-state index in [1.54, 1.807) is 12.4 Å². The molecule has 0 saturated carbocycles. The number of hydrogen-bond donors (Lipinski definition) is 2. The van der Waals surface area contributed by atoms with Gasteiger partial charge < -0.3 is 10.6 Å². The van der Waals surface area contributed by atoms with Gasteiger partial charge in [-0.15, -0.1) is 0 Å². The maximum atomic E-state index is 12.1. The summed E-state index contributed by atoms with van der Waals surface area (Å²) in [5.74, 6) is 0.276. The fraction of sp³-hybridized carbons (Fsp3) is 0.158. The van der Waals surface area contributed by atoms with Gasteiger partial charge in [-0.3, -0.25) is 9.78 Å².